The Morgan fingerprint density at radius 1 is 0.875 bits per heavy atom. The van der Waals surface area contributed by atoms with Crippen LogP contribution in [0.5, 0.6) is 11.5 Å². The summed E-state index contributed by atoms with van der Waals surface area (Å²) in [5.41, 5.74) is 5.18. The van der Waals surface area contributed by atoms with Crippen LogP contribution >= 0.6 is 0 Å². The van der Waals surface area contributed by atoms with Crippen LogP contribution in [0, 0.1) is 6.92 Å². The summed E-state index contributed by atoms with van der Waals surface area (Å²) in [6, 6.07) is 7.99. The van der Waals surface area contributed by atoms with Crippen molar-refractivity contribution in [3.8, 4) is 11.5 Å². The van der Waals surface area contributed by atoms with Gasteiger partial charge in [0.05, 0.1) is 0 Å². The number of hydrogen-bond donors (Lipinski definition) is 3. The third-order valence-corrected chi connectivity index (χ3v) is 5.83. The van der Waals surface area contributed by atoms with E-state index < -0.39 is 5.97 Å². The van der Waals surface area contributed by atoms with Crippen LogP contribution in [0.15, 0.2) is 36.4 Å². The van der Waals surface area contributed by atoms with Crippen LogP contribution in [-0.4, -0.2) is 21.3 Å². The monoisotopic (exact) mass is 438 g/mol. The summed E-state index contributed by atoms with van der Waals surface area (Å²) in [6.07, 6.45) is 2.20. The molecule has 0 heterocycles. The molecule has 2 aromatic rings. The average molecular weight is 439 g/mol. The Bertz CT molecular complexity index is 1020. The van der Waals surface area contributed by atoms with E-state index in [1.165, 1.54) is 0 Å². The number of benzene rings is 2. The van der Waals surface area contributed by atoms with E-state index in [2.05, 4.69) is 48.1 Å². The SMILES string of the molecule is C=C(CCCc1cc(Cc2cc(C)cc(C(C)(C)C)c2O)c(O)c(C(C)(C)C)c1)C(=O)O. The third-order valence-electron chi connectivity index (χ3n) is 5.83. The highest BCUT2D eigenvalue weighted by atomic mass is 16.4. The van der Waals surface area contributed by atoms with Crippen LogP contribution in [-0.2, 0) is 28.5 Å². The van der Waals surface area contributed by atoms with E-state index in [4.69, 9.17) is 5.11 Å². The molecule has 3 N–H and O–H groups in total. The van der Waals surface area contributed by atoms with Gasteiger partial charge in [0.25, 0.3) is 0 Å². The lowest BCUT2D eigenvalue weighted by atomic mass is 9.81. The lowest BCUT2D eigenvalue weighted by molar-refractivity contribution is -0.132. The molecule has 0 unspecified atom stereocenters. The first-order valence-electron chi connectivity index (χ1n) is 11.2. The minimum Gasteiger partial charge on any atom is -0.507 e. The van der Waals surface area contributed by atoms with Crippen molar-refractivity contribution in [2.45, 2.75) is 85.0 Å². The maximum Gasteiger partial charge on any atom is 0.330 e. The zero-order valence-corrected chi connectivity index (χ0v) is 20.6. The van der Waals surface area contributed by atoms with Crippen LogP contribution in [0.25, 0.3) is 0 Å². The smallest absolute Gasteiger partial charge is 0.330 e. The van der Waals surface area contributed by atoms with Crippen LogP contribution in [0.1, 0.15) is 87.8 Å². The Labute approximate surface area is 192 Å². The van der Waals surface area contributed by atoms with Crippen molar-refractivity contribution in [3.63, 3.8) is 0 Å². The minimum absolute atomic E-state index is 0.197. The molecule has 0 saturated heterocycles. The van der Waals surface area contributed by atoms with Crippen molar-refractivity contribution in [1.29, 1.82) is 0 Å². The normalized spacial score (nSPS) is 12.1. The highest BCUT2D eigenvalue weighted by molar-refractivity contribution is 5.85. The van der Waals surface area contributed by atoms with E-state index in [0.717, 1.165) is 33.4 Å². The summed E-state index contributed by atoms with van der Waals surface area (Å²) < 4.78 is 0. The molecule has 0 radical (unpaired) electrons. The molecule has 0 amide bonds. The van der Waals surface area contributed by atoms with Gasteiger partial charge in [0.2, 0.25) is 0 Å². The van der Waals surface area contributed by atoms with E-state index in [1.807, 2.05) is 31.2 Å². The summed E-state index contributed by atoms with van der Waals surface area (Å²) >= 11 is 0. The number of aliphatic carboxylic acids is 1. The zero-order chi connectivity index (χ0) is 24.4. The number of aromatic hydroxyl groups is 2. The molecule has 0 fully saturated rings. The number of phenolic OH excluding ortho intramolecular Hbond substituents is 2. The van der Waals surface area contributed by atoms with Gasteiger partial charge in [0, 0.05) is 12.0 Å². The van der Waals surface area contributed by atoms with Gasteiger partial charge in [-0.1, -0.05) is 78.0 Å². The number of phenols is 2. The third kappa shape index (κ3) is 6.15. The number of rotatable bonds is 7. The second kappa shape index (κ2) is 9.40. The molecule has 0 bridgehead atoms. The maximum absolute atomic E-state index is 11.1. The van der Waals surface area contributed by atoms with Crippen LogP contribution in [0.4, 0.5) is 0 Å². The van der Waals surface area contributed by atoms with Gasteiger partial charge >= 0.3 is 5.97 Å². The standard InChI is InChI=1S/C28H38O4/c1-17-12-20(24(29)22(13-17)27(3,4)5)16-21-14-19(11-9-10-18(2)26(31)32)15-23(25(21)30)28(6,7)8/h12-15,29-30H,2,9-11,16H2,1,3-8H3,(H,31,32). The number of carboxylic acid groups (broad SMARTS) is 1. The Hall–Kier alpha value is -2.75. The van der Waals surface area contributed by atoms with E-state index in [9.17, 15) is 15.0 Å². The van der Waals surface area contributed by atoms with E-state index in [0.29, 0.717) is 25.7 Å². The van der Waals surface area contributed by atoms with E-state index >= 15 is 0 Å². The largest absolute Gasteiger partial charge is 0.507 e. The first-order valence-corrected chi connectivity index (χ1v) is 11.2. The van der Waals surface area contributed by atoms with Gasteiger partial charge < -0.3 is 15.3 Å². The van der Waals surface area contributed by atoms with Crippen molar-refractivity contribution in [2.75, 3.05) is 0 Å². The second-order valence-electron chi connectivity index (χ2n) is 10.9. The Morgan fingerprint density at radius 2 is 1.38 bits per heavy atom. The van der Waals surface area contributed by atoms with Crippen LogP contribution in [0.3, 0.4) is 0 Å². The predicted octanol–water partition coefficient (Wildman–Crippen LogP) is 6.56. The molecule has 4 heteroatoms. The van der Waals surface area contributed by atoms with Gasteiger partial charge in [0.15, 0.2) is 0 Å². The molecule has 2 aromatic carbocycles. The van der Waals surface area contributed by atoms with Gasteiger partial charge in [-0.05, 0) is 64.8 Å². The van der Waals surface area contributed by atoms with Crippen molar-refractivity contribution in [2.24, 2.45) is 0 Å². The fourth-order valence-corrected chi connectivity index (χ4v) is 3.99. The summed E-state index contributed by atoms with van der Waals surface area (Å²) in [6.45, 7) is 18.0. The molecule has 174 valence electrons. The molecular weight excluding hydrogens is 400 g/mol. The lowest BCUT2D eigenvalue weighted by Gasteiger charge is -2.25. The topological polar surface area (TPSA) is 77.8 Å². The number of aryl methyl sites for hydroxylation is 2. The van der Waals surface area contributed by atoms with Gasteiger partial charge in [-0.25, -0.2) is 4.79 Å². The molecule has 32 heavy (non-hydrogen) atoms. The Morgan fingerprint density at radius 3 is 1.88 bits per heavy atom. The summed E-state index contributed by atoms with van der Waals surface area (Å²) in [5.74, 6) is -0.422. The molecule has 0 spiro atoms. The Kier molecular flexibility index (Phi) is 7.49. The zero-order valence-electron chi connectivity index (χ0n) is 20.6. The van der Waals surface area contributed by atoms with E-state index in [1.54, 1.807) is 0 Å². The van der Waals surface area contributed by atoms with Gasteiger partial charge in [-0.15, -0.1) is 0 Å². The first-order chi connectivity index (χ1) is 14.6. The predicted molar refractivity (Wildman–Crippen MR) is 131 cm³/mol. The summed E-state index contributed by atoms with van der Waals surface area (Å²) in [5, 5.41) is 31.2. The van der Waals surface area contributed by atoms with Gasteiger partial charge in [-0.3, -0.25) is 0 Å². The lowest BCUT2D eigenvalue weighted by Crippen LogP contribution is -2.14. The highest BCUT2D eigenvalue weighted by Crippen LogP contribution is 2.39. The fraction of sp³-hybridized carbons (Fsp3) is 0.464. The molecule has 0 saturated carbocycles. The summed E-state index contributed by atoms with van der Waals surface area (Å²) in [7, 11) is 0. The van der Waals surface area contributed by atoms with Gasteiger partial charge in [0.1, 0.15) is 11.5 Å². The second-order valence-corrected chi connectivity index (χ2v) is 10.9. The minimum atomic E-state index is -0.962. The Balaban J connectivity index is 2.48. The van der Waals surface area contributed by atoms with Crippen molar-refractivity contribution >= 4 is 5.97 Å². The van der Waals surface area contributed by atoms with Crippen LogP contribution < -0.4 is 0 Å². The van der Waals surface area contributed by atoms with E-state index in [-0.39, 0.29) is 27.9 Å². The molecular formula is C28H38O4. The molecule has 0 aromatic heterocycles. The highest BCUT2D eigenvalue weighted by Gasteiger charge is 2.24. The van der Waals surface area contributed by atoms with Crippen molar-refractivity contribution in [1.82, 2.24) is 0 Å². The first kappa shape index (κ1) is 25.5. The number of carbonyl (C=O) groups is 1. The molecule has 0 aliphatic heterocycles. The van der Waals surface area contributed by atoms with Crippen molar-refractivity contribution < 1.29 is 20.1 Å². The van der Waals surface area contributed by atoms with Gasteiger partial charge in [-0.2, -0.15) is 0 Å². The number of hydrogen-bond acceptors (Lipinski definition) is 3. The molecule has 4 nitrogen and oxygen atoms in total. The maximum atomic E-state index is 11.1. The molecule has 2 rings (SSSR count). The number of carboxylic acids is 1. The quantitative estimate of drug-likeness (QED) is 0.428. The van der Waals surface area contributed by atoms with Crippen LogP contribution in [0.2, 0.25) is 0 Å². The fourth-order valence-electron chi connectivity index (χ4n) is 3.99. The molecule has 0 aliphatic rings. The average Bonchev–Trinajstić information content (AvgIpc) is 2.64. The molecule has 0 atom stereocenters. The molecule has 0 aliphatic carbocycles. The van der Waals surface area contributed by atoms with Crippen molar-refractivity contribution in [3.05, 3.63) is 69.8 Å². The summed E-state index contributed by atoms with van der Waals surface area (Å²) in [4.78, 5) is 11.0.